The van der Waals surface area contributed by atoms with Crippen LogP contribution in [0.25, 0.3) is 0 Å². The summed E-state index contributed by atoms with van der Waals surface area (Å²) in [4.78, 5) is 13.7. The molecule has 5 heteroatoms. The van der Waals surface area contributed by atoms with E-state index in [1.165, 1.54) is 12.1 Å². The van der Waals surface area contributed by atoms with Crippen molar-refractivity contribution >= 4 is 11.6 Å². The van der Waals surface area contributed by atoms with Gasteiger partial charge in [-0.2, -0.15) is 0 Å². The minimum absolute atomic E-state index is 0.00543. The summed E-state index contributed by atoms with van der Waals surface area (Å²) >= 11 is 0. The third kappa shape index (κ3) is 4.43. The average molecular weight is 295 g/mol. The van der Waals surface area contributed by atoms with Crippen molar-refractivity contribution in [3.05, 3.63) is 29.6 Å². The molecule has 21 heavy (non-hydrogen) atoms. The van der Waals surface area contributed by atoms with Crippen molar-refractivity contribution in [2.45, 2.75) is 26.8 Å². The second-order valence-electron chi connectivity index (χ2n) is 6.16. The Morgan fingerprint density at radius 2 is 2.00 bits per heavy atom. The lowest BCUT2D eigenvalue weighted by Crippen LogP contribution is -2.42. The topological polar surface area (TPSA) is 44.4 Å². The number of nitrogens with one attached hydrogen (secondary N) is 2. The smallest absolute Gasteiger partial charge is 0.226 e. The molecule has 1 aromatic rings. The molecule has 0 aliphatic carbocycles. The van der Waals surface area contributed by atoms with Gasteiger partial charge in [-0.25, -0.2) is 4.39 Å². The summed E-state index contributed by atoms with van der Waals surface area (Å²) < 4.78 is 13.4. The third-order valence-corrected chi connectivity index (χ3v) is 3.63. The monoisotopic (exact) mass is 295 g/mol. The Kier molecular flexibility index (Phi) is 5.72. The van der Waals surface area contributed by atoms with Crippen molar-refractivity contribution in [3.63, 3.8) is 0 Å². The SMILES string of the molecule is CNC(=O)C(C)(C)CN[C@@H](C)c1ccc(F)cc1N(C)C. The maximum atomic E-state index is 13.4. The molecule has 4 nitrogen and oxygen atoms in total. The van der Waals surface area contributed by atoms with Crippen LogP contribution in [0.15, 0.2) is 18.2 Å². The minimum Gasteiger partial charge on any atom is -0.377 e. The number of carbonyl (C=O) groups excluding carboxylic acids is 1. The summed E-state index contributed by atoms with van der Waals surface area (Å²) in [5.41, 5.74) is 1.35. The van der Waals surface area contributed by atoms with Crippen molar-refractivity contribution in [1.29, 1.82) is 0 Å². The van der Waals surface area contributed by atoms with Crippen LogP contribution in [-0.4, -0.2) is 33.6 Å². The lowest BCUT2D eigenvalue weighted by Gasteiger charge is -2.27. The largest absolute Gasteiger partial charge is 0.377 e. The van der Waals surface area contributed by atoms with E-state index in [1.807, 2.05) is 39.8 Å². The molecule has 0 spiro atoms. The fraction of sp³-hybridized carbons (Fsp3) is 0.562. The lowest BCUT2D eigenvalue weighted by molar-refractivity contribution is -0.128. The van der Waals surface area contributed by atoms with Gasteiger partial charge in [-0.05, 0) is 38.5 Å². The van der Waals surface area contributed by atoms with E-state index in [1.54, 1.807) is 13.1 Å². The van der Waals surface area contributed by atoms with Gasteiger partial charge >= 0.3 is 0 Å². The molecule has 0 radical (unpaired) electrons. The summed E-state index contributed by atoms with van der Waals surface area (Å²) in [6.45, 7) is 6.34. The molecule has 0 saturated heterocycles. The number of anilines is 1. The van der Waals surface area contributed by atoms with Crippen LogP contribution in [0.1, 0.15) is 32.4 Å². The van der Waals surface area contributed by atoms with Crippen LogP contribution in [-0.2, 0) is 4.79 Å². The normalized spacial score (nSPS) is 12.9. The third-order valence-electron chi connectivity index (χ3n) is 3.63. The molecular weight excluding hydrogens is 269 g/mol. The van der Waals surface area contributed by atoms with Crippen LogP contribution in [0.5, 0.6) is 0 Å². The van der Waals surface area contributed by atoms with Crippen molar-refractivity contribution < 1.29 is 9.18 Å². The predicted octanol–water partition coefficient (Wildman–Crippen LogP) is 2.31. The lowest BCUT2D eigenvalue weighted by atomic mass is 9.91. The van der Waals surface area contributed by atoms with Crippen molar-refractivity contribution in [2.24, 2.45) is 5.41 Å². The molecule has 2 N–H and O–H groups in total. The molecule has 1 rings (SSSR count). The Morgan fingerprint density at radius 3 is 2.52 bits per heavy atom. The maximum Gasteiger partial charge on any atom is 0.226 e. The highest BCUT2D eigenvalue weighted by molar-refractivity contribution is 5.81. The maximum absolute atomic E-state index is 13.4. The number of hydrogen-bond donors (Lipinski definition) is 2. The van der Waals surface area contributed by atoms with Crippen molar-refractivity contribution in [1.82, 2.24) is 10.6 Å². The average Bonchev–Trinajstić information content (AvgIpc) is 2.43. The van der Waals surface area contributed by atoms with Crippen molar-refractivity contribution in [3.8, 4) is 0 Å². The van der Waals surface area contributed by atoms with Gasteiger partial charge in [0.05, 0.1) is 5.41 Å². The summed E-state index contributed by atoms with van der Waals surface area (Å²) in [6.07, 6.45) is 0. The number of carbonyl (C=O) groups is 1. The van der Waals surface area contributed by atoms with Crippen LogP contribution in [0, 0.1) is 11.2 Å². The molecule has 0 fully saturated rings. The molecule has 1 atom stereocenters. The summed E-state index contributed by atoms with van der Waals surface area (Å²) in [6, 6.07) is 4.80. The molecule has 0 saturated carbocycles. The van der Waals surface area contributed by atoms with E-state index in [0.717, 1.165) is 11.3 Å². The number of benzene rings is 1. The van der Waals surface area contributed by atoms with Crippen LogP contribution in [0.3, 0.4) is 0 Å². The van der Waals surface area contributed by atoms with Gasteiger partial charge in [0.1, 0.15) is 5.82 Å². The zero-order valence-corrected chi connectivity index (χ0v) is 13.7. The van der Waals surface area contributed by atoms with Crippen LogP contribution in [0.4, 0.5) is 10.1 Å². The number of nitrogens with zero attached hydrogens (tertiary/aromatic N) is 1. The zero-order valence-electron chi connectivity index (χ0n) is 13.7. The first kappa shape index (κ1) is 17.4. The van der Waals surface area contributed by atoms with Crippen molar-refractivity contribution in [2.75, 3.05) is 32.6 Å². The highest BCUT2D eigenvalue weighted by Gasteiger charge is 2.27. The molecule has 0 aromatic heterocycles. The first-order valence-corrected chi connectivity index (χ1v) is 7.11. The van der Waals surface area contributed by atoms with E-state index in [9.17, 15) is 9.18 Å². The Morgan fingerprint density at radius 1 is 1.38 bits per heavy atom. The summed E-state index contributed by atoms with van der Waals surface area (Å²) in [5.74, 6) is -0.255. The molecule has 0 unspecified atom stereocenters. The Balaban J connectivity index is 2.86. The van der Waals surface area contributed by atoms with Crippen LogP contribution in [0.2, 0.25) is 0 Å². The van der Waals surface area contributed by atoms with E-state index in [4.69, 9.17) is 0 Å². The van der Waals surface area contributed by atoms with Gasteiger partial charge in [-0.1, -0.05) is 6.07 Å². The molecular formula is C16H26FN3O. The van der Waals surface area contributed by atoms with Gasteiger partial charge in [-0.3, -0.25) is 4.79 Å². The minimum atomic E-state index is -0.499. The van der Waals surface area contributed by atoms with Gasteiger partial charge < -0.3 is 15.5 Å². The van der Waals surface area contributed by atoms with Gasteiger partial charge in [-0.15, -0.1) is 0 Å². The van der Waals surface area contributed by atoms with Crippen LogP contribution >= 0.6 is 0 Å². The molecule has 0 aliphatic rings. The molecule has 0 bridgehead atoms. The molecule has 1 amide bonds. The fourth-order valence-electron chi connectivity index (χ4n) is 2.21. The van der Waals surface area contributed by atoms with Gasteiger partial charge in [0.2, 0.25) is 5.91 Å². The Bertz CT molecular complexity index is 500. The van der Waals surface area contributed by atoms with E-state index >= 15 is 0 Å². The standard InChI is InChI=1S/C16H26FN3O/c1-11(19-10-16(2,3)15(21)18-4)13-8-7-12(17)9-14(13)20(5)6/h7-9,11,19H,10H2,1-6H3,(H,18,21)/t11-/m0/s1. The molecule has 118 valence electrons. The quantitative estimate of drug-likeness (QED) is 0.846. The van der Waals surface area contributed by atoms with E-state index in [2.05, 4.69) is 10.6 Å². The number of amides is 1. The predicted molar refractivity (Wildman–Crippen MR) is 85.0 cm³/mol. The Hall–Kier alpha value is -1.62. The number of halogens is 1. The molecule has 1 aromatic carbocycles. The first-order valence-electron chi connectivity index (χ1n) is 7.11. The van der Waals surface area contributed by atoms with Gasteiger partial charge in [0.25, 0.3) is 0 Å². The molecule has 0 heterocycles. The summed E-state index contributed by atoms with van der Waals surface area (Å²) in [7, 11) is 5.41. The fourth-order valence-corrected chi connectivity index (χ4v) is 2.21. The van der Waals surface area contributed by atoms with Crippen LogP contribution < -0.4 is 15.5 Å². The second-order valence-corrected chi connectivity index (χ2v) is 6.16. The highest BCUT2D eigenvalue weighted by atomic mass is 19.1. The molecule has 0 aliphatic heterocycles. The zero-order chi connectivity index (χ0) is 16.2. The van der Waals surface area contributed by atoms with E-state index < -0.39 is 5.41 Å². The number of rotatable bonds is 6. The summed E-state index contributed by atoms with van der Waals surface area (Å²) in [5, 5.41) is 6.03. The number of hydrogen-bond acceptors (Lipinski definition) is 3. The van der Waals surface area contributed by atoms with Gasteiger partial charge in [0.15, 0.2) is 0 Å². The first-order chi connectivity index (χ1) is 9.69. The second kappa shape index (κ2) is 6.89. The van der Waals surface area contributed by atoms with E-state index in [0.29, 0.717) is 6.54 Å². The Labute approximate surface area is 126 Å². The van der Waals surface area contributed by atoms with E-state index in [-0.39, 0.29) is 17.8 Å². The van der Waals surface area contributed by atoms with Gasteiger partial charge in [0, 0.05) is 39.4 Å². The highest BCUT2D eigenvalue weighted by Crippen LogP contribution is 2.27.